The first-order valence-electron chi connectivity index (χ1n) is 7.31. The van der Waals surface area contributed by atoms with Crippen molar-refractivity contribution >= 4 is 17.3 Å². The molecule has 0 aromatic carbocycles. The lowest BCUT2D eigenvalue weighted by Gasteiger charge is -1.95. The molecule has 1 aliphatic rings. The van der Waals surface area contributed by atoms with Crippen LogP contribution in [0.2, 0.25) is 0 Å². The molecule has 1 unspecified atom stereocenters. The zero-order valence-corrected chi connectivity index (χ0v) is 12.9. The maximum atomic E-state index is 10.1. The molecule has 1 fully saturated rings. The van der Waals surface area contributed by atoms with Crippen molar-refractivity contribution in [2.75, 3.05) is 6.54 Å². The summed E-state index contributed by atoms with van der Waals surface area (Å²) >= 11 is 0. The number of H-pyrrole nitrogens is 1. The number of alkyl halides is 2. The smallest absolute Gasteiger partial charge is 0.342 e. The lowest BCUT2D eigenvalue weighted by molar-refractivity contribution is -0.109. The standard InChI is InChI=1S/C9H9N3O.C5H11N.CH2F2O/c13-6-11-5-8-3-7-4-10-2-1-9(7)12-8;1-5-3-2-4-6-5;2-1(3)4/h1-4,6,12H,5H2,(H,11,13);5-6H,2-4H2,1H3;1,4H. The Labute approximate surface area is 133 Å². The van der Waals surface area contributed by atoms with Crippen LogP contribution < -0.4 is 10.6 Å². The van der Waals surface area contributed by atoms with Crippen molar-refractivity contribution in [1.82, 2.24) is 20.6 Å². The van der Waals surface area contributed by atoms with Crippen LogP contribution in [0.4, 0.5) is 8.78 Å². The van der Waals surface area contributed by atoms with E-state index in [-0.39, 0.29) is 0 Å². The molecule has 3 rings (SSSR count). The summed E-state index contributed by atoms with van der Waals surface area (Å²) in [5.74, 6) is 0. The first-order valence-corrected chi connectivity index (χ1v) is 7.31. The van der Waals surface area contributed by atoms with Gasteiger partial charge in [0.1, 0.15) is 0 Å². The number of amides is 1. The Morgan fingerprint density at radius 3 is 2.78 bits per heavy atom. The third-order valence-electron chi connectivity index (χ3n) is 3.16. The molecule has 4 N–H and O–H groups in total. The molecule has 6 nitrogen and oxygen atoms in total. The van der Waals surface area contributed by atoms with Gasteiger partial charge >= 0.3 is 6.61 Å². The summed E-state index contributed by atoms with van der Waals surface area (Å²) in [6.45, 7) is 0.826. The number of carbonyl (C=O) groups is 1. The minimum absolute atomic E-state index is 0.526. The second-order valence-electron chi connectivity index (χ2n) is 5.03. The van der Waals surface area contributed by atoms with Crippen LogP contribution in [0.25, 0.3) is 10.9 Å². The molecule has 0 spiro atoms. The minimum atomic E-state index is -3.17. The maximum absolute atomic E-state index is 10.1. The summed E-state index contributed by atoms with van der Waals surface area (Å²) < 4.78 is 19.8. The van der Waals surface area contributed by atoms with Gasteiger partial charge < -0.3 is 20.7 Å². The number of aromatic amines is 1. The molecule has 1 atom stereocenters. The summed E-state index contributed by atoms with van der Waals surface area (Å²) in [5.41, 5.74) is 2.02. The third-order valence-corrected chi connectivity index (χ3v) is 3.16. The number of hydrogen-bond donors (Lipinski definition) is 4. The van der Waals surface area contributed by atoms with Gasteiger partial charge in [-0.1, -0.05) is 0 Å². The lowest BCUT2D eigenvalue weighted by Crippen LogP contribution is -2.16. The second-order valence-corrected chi connectivity index (χ2v) is 5.03. The summed E-state index contributed by atoms with van der Waals surface area (Å²) in [6, 6.07) is 4.67. The van der Waals surface area contributed by atoms with Gasteiger partial charge in [-0.3, -0.25) is 9.78 Å². The highest BCUT2D eigenvalue weighted by Crippen LogP contribution is 2.12. The fraction of sp³-hybridized carbons (Fsp3) is 0.467. The van der Waals surface area contributed by atoms with E-state index < -0.39 is 6.61 Å². The van der Waals surface area contributed by atoms with Gasteiger partial charge in [0.25, 0.3) is 0 Å². The van der Waals surface area contributed by atoms with Crippen molar-refractivity contribution in [3.8, 4) is 0 Å². The second kappa shape index (κ2) is 10.6. The van der Waals surface area contributed by atoms with E-state index in [2.05, 4.69) is 27.5 Å². The average Bonchev–Trinajstić information content (AvgIpc) is 3.13. The topological polar surface area (TPSA) is 90.0 Å². The van der Waals surface area contributed by atoms with Gasteiger partial charge in [-0.2, -0.15) is 8.78 Å². The zero-order valence-electron chi connectivity index (χ0n) is 12.9. The van der Waals surface area contributed by atoms with E-state index in [4.69, 9.17) is 5.11 Å². The SMILES string of the molecule is CC1CCCN1.O=CNCc1cc2cnccc2[nH]1.OC(F)F. The van der Waals surface area contributed by atoms with Gasteiger partial charge in [0.05, 0.1) is 6.54 Å². The fourth-order valence-corrected chi connectivity index (χ4v) is 2.14. The monoisotopic (exact) mass is 328 g/mol. The van der Waals surface area contributed by atoms with E-state index in [1.54, 1.807) is 12.4 Å². The van der Waals surface area contributed by atoms with Crippen molar-refractivity contribution in [3.63, 3.8) is 0 Å². The predicted octanol–water partition coefficient (Wildman–Crippen LogP) is 1.77. The maximum Gasteiger partial charge on any atom is 0.342 e. The number of rotatable bonds is 3. The molecular formula is C15H22F2N4O2. The first kappa shape index (κ1) is 19.0. The van der Waals surface area contributed by atoms with Crippen molar-refractivity contribution in [1.29, 1.82) is 0 Å². The number of carbonyl (C=O) groups excluding carboxylic acids is 1. The van der Waals surface area contributed by atoms with E-state index in [1.807, 2.05) is 12.1 Å². The molecular weight excluding hydrogens is 306 g/mol. The number of nitrogens with zero attached hydrogens (tertiary/aromatic N) is 1. The quantitative estimate of drug-likeness (QED) is 0.647. The Hall–Kier alpha value is -2.06. The highest BCUT2D eigenvalue weighted by atomic mass is 19.3. The van der Waals surface area contributed by atoms with Gasteiger partial charge in [-0.15, -0.1) is 0 Å². The summed E-state index contributed by atoms with van der Waals surface area (Å²) in [4.78, 5) is 17.2. The van der Waals surface area contributed by atoms with Crippen LogP contribution in [0.15, 0.2) is 24.5 Å². The van der Waals surface area contributed by atoms with E-state index in [0.29, 0.717) is 13.0 Å². The number of fused-ring (bicyclic) bond motifs is 1. The minimum Gasteiger partial charge on any atom is -0.357 e. The molecule has 8 heteroatoms. The summed E-state index contributed by atoms with van der Waals surface area (Å²) in [6.07, 6.45) is 6.96. The van der Waals surface area contributed by atoms with Gasteiger partial charge in [-0.25, -0.2) is 0 Å². The molecule has 1 amide bonds. The average molecular weight is 328 g/mol. The van der Waals surface area contributed by atoms with Gasteiger partial charge in [0.15, 0.2) is 0 Å². The molecule has 23 heavy (non-hydrogen) atoms. The van der Waals surface area contributed by atoms with Crippen LogP contribution in [0, 0.1) is 0 Å². The van der Waals surface area contributed by atoms with Crippen LogP contribution in [-0.4, -0.2) is 40.7 Å². The van der Waals surface area contributed by atoms with Crippen molar-refractivity contribution in [2.24, 2.45) is 0 Å². The number of aliphatic hydroxyl groups is 1. The van der Waals surface area contributed by atoms with Crippen LogP contribution in [0.3, 0.4) is 0 Å². The zero-order chi connectivity index (χ0) is 17.1. The molecule has 2 aromatic rings. The highest BCUT2D eigenvalue weighted by molar-refractivity contribution is 5.79. The van der Waals surface area contributed by atoms with Crippen molar-refractivity contribution in [2.45, 2.75) is 39.0 Å². The molecule has 0 saturated carbocycles. The van der Waals surface area contributed by atoms with Crippen molar-refractivity contribution in [3.05, 3.63) is 30.2 Å². The van der Waals surface area contributed by atoms with E-state index in [0.717, 1.165) is 22.6 Å². The van der Waals surface area contributed by atoms with Gasteiger partial charge in [0.2, 0.25) is 6.41 Å². The van der Waals surface area contributed by atoms with Crippen LogP contribution in [0.1, 0.15) is 25.5 Å². The van der Waals surface area contributed by atoms with Crippen molar-refractivity contribution < 1.29 is 18.7 Å². The number of hydrogen-bond acceptors (Lipinski definition) is 4. The van der Waals surface area contributed by atoms with Gasteiger partial charge in [0, 0.05) is 35.0 Å². The third kappa shape index (κ3) is 8.22. The number of nitrogens with one attached hydrogen (secondary N) is 3. The normalized spacial score (nSPS) is 16.3. The Morgan fingerprint density at radius 1 is 1.57 bits per heavy atom. The molecule has 128 valence electrons. The molecule has 2 aromatic heterocycles. The number of aromatic nitrogens is 2. The molecule has 0 aliphatic carbocycles. The largest absolute Gasteiger partial charge is 0.357 e. The van der Waals surface area contributed by atoms with Gasteiger partial charge in [-0.05, 0) is 38.4 Å². The molecule has 1 aliphatic heterocycles. The molecule has 3 heterocycles. The Kier molecular flexibility index (Phi) is 8.78. The van der Waals surface area contributed by atoms with E-state index in [9.17, 15) is 13.6 Å². The fourth-order valence-electron chi connectivity index (χ4n) is 2.14. The highest BCUT2D eigenvalue weighted by Gasteiger charge is 2.05. The van der Waals surface area contributed by atoms with Crippen LogP contribution in [-0.2, 0) is 11.3 Å². The first-order chi connectivity index (χ1) is 11.0. The number of pyridine rings is 1. The number of aliphatic hydroxyl groups excluding tert-OH is 1. The van der Waals surface area contributed by atoms with E-state index >= 15 is 0 Å². The molecule has 1 saturated heterocycles. The van der Waals surface area contributed by atoms with Crippen LogP contribution >= 0.6 is 0 Å². The number of halogens is 2. The molecule has 0 bridgehead atoms. The lowest BCUT2D eigenvalue weighted by atomic mass is 10.3. The Balaban J connectivity index is 0.000000220. The van der Waals surface area contributed by atoms with E-state index in [1.165, 1.54) is 19.4 Å². The predicted molar refractivity (Wildman–Crippen MR) is 83.9 cm³/mol. The molecule has 0 radical (unpaired) electrons. The Morgan fingerprint density at radius 2 is 2.30 bits per heavy atom. The Bertz CT molecular complexity index is 536. The van der Waals surface area contributed by atoms with Crippen LogP contribution in [0.5, 0.6) is 0 Å². The summed E-state index contributed by atoms with van der Waals surface area (Å²) in [7, 11) is 0. The summed E-state index contributed by atoms with van der Waals surface area (Å²) in [5, 5.41) is 13.7.